The quantitative estimate of drug-likeness (QED) is 0.806. The van der Waals surface area contributed by atoms with Gasteiger partial charge in [0.05, 0.1) is 13.2 Å². The van der Waals surface area contributed by atoms with Gasteiger partial charge in [-0.2, -0.15) is 0 Å². The molecule has 0 aromatic heterocycles. The lowest BCUT2D eigenvalue weighted by Gasteiger charge is -2.25. The second-order valence-corrected chi connectivity index (χ2v) is 7.00. The second-order valence-electron chi connectivity index (χ2n) is 7.00. The van der Waals surface area contributed by atoms with E-state index in [1.165, 1.54) is 5.56 Å². The highest BCUT2D eigenvalue weighted by Crippen LogP contribution is 2.33. The Morgan fingerprint density at radius 2 is 1.85 bits per heavy atom. The van der Waals surface area contributed by atoms with Gasteiger partial charge < -0.3 is 24.1 Å². The van der Waals surface area contributed by atoms with Crippen molar-refractivity contribution >= 4 is 0 Å². The first kappa shape index (κ1) is 17.9. The summed E-state index contributed by atoms with van der Waals surface area (Å²) in [5, 5.41) is 9.84. The van der Waals surface area contributed by atoms with Crippen LogP contribution in [-0.2, 0) is 17.8 Å². The van der Waals surface area contributed by atoms with E-state index in [0.29, 0.717) is 5.75 Å². The molecule has 6 nitrogen and oxygen atoms in total. The number of phenolic OH excluding ortho intramolecular Hbond substituents is 1. The minimum Gasteiger partial charge on any atom is -0.504 e. The molecule has 4 rings (SSSR count). The van der Waals surface area contributed by atoms with Crippen LogP contribution in [0.1, 0.15) is 24.0 Å². The lowest BCUT2D eigenvalue weighted by molar-refractivity contribution is 0.0678. The Hall–Kier alpha value is -2.44. The van der Waals surface area contributed by atoms with Crippen molar-refractivity contribution in [2.24, 2.45) is 0 Å². The smallest absolute Gasteiger partial charge is 0.231 e. The van der Waals surface area contributed by atoms with Gasteiger partial charge >= 0.3 is 0 Å². The van der Waals surface area contributed by atoms with Gasteiger partial charge in [0.2, 0.25) is 6.79 Å². The van der Waals surface area contributed by atoms with Gasteiger partial charge in [-0.3, -0.25) is 4.90 Å². The molecule has 2 heterocycles. The van der Waals surface area contributed by atoms with Crippen LogP contribution in [0.4, 0.5) is 0 Å². The molecule has 0 spiro atoms. The lowest BCUT2D eigenvalue weighted by atomic mass is 10.1. The van der Waals surface area contributed by atoms with Gasteiger partial charge in [0.25, 0.3) is 0 Å². The number of hydrogen-bond donors (Lipinski definition) is 1. The molecule has 1 fully saturated rings. The van der Waals surface area contributed by atoms with E-state index in [1.807, 2.05) is 24.3 Å². The van der Waals surface area contributed by atoms with Crippen molar-refractivity contribution in [2.45, 2.75) is 32.0 Å². The Labute approximate surface area is 159 Å². The molecule has 2 aliphatic rings. The van der Waals surface area contributed by atoms with Crippen molar-refractivity contribution in [1.82, 2.24) is 4.90 Å². The van der Waals surface area contributed by atoms with E-state index in [2.05, 4.69) is 11.0 Å². The molecule has 0 aliphatic carbocycles. The van der Waals surface area contributed by atoms with Crippen molar-refractivity contribution in [3.8, 4) is 23.0 Å². The van der Waals surface area contributed by atoms with Crippen LogP contribution in [-0.4, -0.2) is 43.2 Å². The summed E-state index contributed by atoms with van der Waals surface area (Å²) in [4.78, 5) is 2.36. The molecule has 144 valence electrons. The Morgan fingerprint density at radius 1 is 1.07 bits per heavy atom. The molecule has 1 N–H and O–H groups in total. The topological polar surface area (TPSA) is 60.4 Å². The maximum absolute atomic E-state index is 9.84. The van der Waals surface area contributed by atoms with Gasteiger partial charge in [-0.25, -0.2) is 0 Å². The first-order valence-corrected chi connectivity index (χ1v) is 9.29. The van der Waals surface area contributed by atoms with Gasteiger partial charge in [-0.05, 0) is 48.2 Å². The van der Waals surface area contributed by atoms with Crippen LogP contribution in [0.15, 0.2) is 36.4 Å². The van der Waals surface area contributed by atoms with Crippen molar-refractivity contribution in [2.75, 3.05) is 27.1 Å². The summed E-state index contributed by atoms with van der Waals surface area (Å²) >= 11 is 0. The zero-order valence-corrected chi connectivity index (χ0v) is 15.5. The second kappa shape index (κ2) is 8.06. The van der Waals surface area contributed by atoms with E-state index in [0.717, 1.165) is 56.1 Å². The summed E-state index contributed by atoms with van der Waals surface area (Å²) in [5.74, 6) is 2.25. The lowest BCUT2D eigenvalue weighted by Crippen LogP contribution is -2.31. The number of hydrogen-bond acceptors (Lipinski definition) is 6. The van der Waals surface area contributed by atoms with Crippen molar-refractivity contribution in [3.05, 3.63) is 47.5 Å². The molecule has 0 bridgehead atoms. The van der Waals surface area contributed by atoms with E-state index in [4.69, 9.17) is 18.9 Å². The standard InChI is InChI=1S/C21H25NO5/c1-24-20-9-15(4-6-18(20)23)11-22(13-17-3-2-8-25-17)12-16-5-7-19-21(10-16)27-14-26-19/h4-7,9-10,17,23H,2-3,8,11-14H2,1H3. The molecule has 1 unspecified atom stereocenters. The Kier molecular flexibility index (Phi) is 5.36. The fraction of sp³-hybridized carbons (Fsp3) is 0.429. The van der Waals surface area contributed by atoms with E-state index in [1.54, 1.807) is 13.2 Å². The Bertz CT molecular complexity index is 775. The summed E-state index contributed by atoms with van der Waals surface area (Å²) in [6, 6.07) is 11.6. The Morgan fingerprint density at radius 3 is 2.63 bits per heavy atom. The number of nitrogens with zero attached hydrogens (tertiary/aromatic N) is 1. The van der Waals surface area contributed by atoms with Crippen LogP contribution in [0, 0.1) is 0 Å². The van der Waals surface area contributed by atoms with Crippen molar-refractivity contribution in [3.63, 3.8) is 0 Å². The minimum absolute atomic E-state index is 0.155. The van der Waals surface area contributed by atoms with E-state index >= 15 is 0 Å². The van der Waals surface area contributed by atoms with E-state index < -0.39 is 0 Å². The molecule has 0 amide bonds. The number of methoxy groups -OCH3 is 1. The van der Waals surface area contributed by atoms with Gasteiger partial charge in [-0.1, -0.05) is 12.1 Å². The summed E-state index contributed by atoms with van der Waals surface area (Å²) in [7, 11) is 1.57. The van der Waals surface area contributed by atoms with Crippen LogP contribution >= 0.6 is 0 Å². The summed E-state index contributed by atoms with van der Waals surface area (Å²) in [6.07, 6.45) is 2.48. The summed E-state index contributed by atoms with van der Waals surface area (Å²) in [5.41, 5.74) is 2.26. The number of aromatic hydroxyl groups is 1. The molecule has 27 heavy (non-hydrogen) atoms. The largest absolute Gasteiger partial charge is 0.504 e. The van der Waals surface area contributed by atoms with E-state index in [-0.39, 0.29) is 18.6 Å². The highest BCUT2D eigenvalue weighted by molar-refractivity contribution is 5.44. The third-order valence-corrected chi connectivity index (χ3v) is 4.98. The van der Waals surface area contributed by atoms with Crippen LogP contribution in [0.25, 0.3) is 0 Å². The molecule has 2 aliphatic heterocycles. The van der Waals surface area contributed by atoms with Gasteiger partial charge in [-0.15, -0.1) is 0 Å². The maximum Gasteiger partial charge on any atom is 0.231 e. The normalized spacial score (nSPS) is 18.2. The minimum atomic E-state index is 0.155. The molecule has 1 atom stereocenters. The number of rotatable bonds is 7. The van der Waals surface area contributed by atoms with E-state index in [9.17, 15) is 5.11 Å². The van der Waals surface area contributed by atoms with Crippen molar-refractivity contribution in [1.29, 1.82) is 0 Å². The molecule has 0 saturated carbocycles. The first-order valence-electron chi connectivity index (χ1n) is 9.29. The zero-order chi connectivity index (χ0) is 18.6. The zero-order valence-electron chi connectivity index (χ0n) is 15.5. The predicted octanol–water partition coefficient (Wildman–Crippen LogP) is 3.31. The molecule has 6 heteroatoms. The first-order chi connectivity index (χ1) is 13.2. The average molecular weight is 371 g/mol. The molecular formula is C21H25NO5. The fourth-order valence-corrected chi connectivity index (χ4v) is 3.64. The molecule has 2 aromatic carbocycles. The van der Waals surface area contributed by atoms with Crippen LogP contribution in [0.5, 0.6) is 23.0 Å². The number of phenols is 1. The van der Waals surface area contributed by atoms with Gasteiger partial charge in [0.1, 0.15) is 0 Å². The molecular weight excluding hydrogens is 346 g/mol. The van der Waals surface area contributed by atoms with Gasteiger partial charge in [0, 0.05) is 26.2 Å². The van der Waals surface area contributed by atoms with Crippen molar-refractivity contribution < 1.29 is 24.1 Å². The predicted molar refractivity (Wildman–Crippen MR) is 100 cm³/mol. The molecule has 0 radical (unpaired) electrons. The Balaban J connectivity index is 1.51. The van der Waals surface area contributed by atoms with Gasteiger partial charge in [0.15, 0.2) is 23.0 Å². The molecule has 2 aromatic rings. The fourth-order valence-electron chi connectivity index (χ4n) is 3.64. The summed E-state index contributed by atoms with van der Waals surface area (Å²) in [6.45, 7) is 3.50. The highest BCUT2D eigenvalue weighted by Gasteiger charge is 2.21. The third-order valence-electron chi connectivity index (χ3n) is 4.98. The summed E-state index contributed by atoms with van der Waals surface area (Å²) < 4.78 is 22.0. The maximum atomic E-state index is 9.84. The van der Waals surface area contributed by atoms with Crippen LogP contribution in [0.3, 0.4) is 0 Å². The number of ether oxygens (including phenoxy) is 4. The third kappa shape index (κ3) is 4.28. The van der Waals surface area contributed by atoms with Crippen LogP contribution in [0.2, 0.25) is 0 Å². The molecule has 1 saturated heterocycles. The highest BCUT2D eigenvalue weighted by atomic mass is 16.7. The monoisotopic (exact) mass is 371 g/mol. The average Bonchev–Trinajstić information content (AvgIpc) is 3.34. The number of benzene rings is 2. The van der Waals surface area contributed by atoms with Crippen LogP contribution < -0.4 is 14.2 Å². The SMILES string of the molecule is COc1cc(CN(Cc2ccc3c(c2)OCO3)CC2CCCO2)ccc1O. The number of fused-ring (bicyclic) bond motifs is 1.